The number of carbonyl (C=O) groups is 3. The summed E-state index contributed by atoms with van der Waals surface area (Å²) in [5, 5.41) is 0. The lowest BCUT2D eigenvalue weighted by Gasteiger charge is -2.18. The summed E-state index contributed by atoms with van der Waals surface area (Å²) in [6.07, 6.45) is 71.5. The second-order valence-electron chi connectivity index (χ2n) is 18.4. The van der Waals surface area contributed by atoms with Crippen LogP contribution < -0.4 is 0 Å². The summed E-state index contributed by atoms with van der Waals surface area (Å²) in [7, 11) is 0. The first-order chi connectivity index (χ1) is 33.0. The van der Waals surface area contributed by atoms with Gasteiger partial charge in [0.2, 0.25) is 0 Å². The average molecular weight is 933 g/mol. The Balaban J connectivity index is 4.27. The van der Waals surface area contributed by atoms with E-state index in [2.05, 4.69) is 106 Å². The molecule has 1 unspecified atom stereocenters. The maximum absolute atomic E-state index is 12.8. The van der Waals surface area contributed by atoms with Gasteiger partial charge in [-0.05, 0) is 89.9 Å². The maximum Gasteiger partial charge on any atom is 0.306 e. The van der Waals surface area contributed by atoms with E-state index < -0.39 is 6.10 Å². The Morgan fingerprint density at radius 1 is 0.313 bits per heavy atom. The van der Waals surface area contributed by atoms with Gasteiger partial charge in [-0.25, -0.2) is 0 Å². The summed E-state index contributed by atoms with van der Waals surface area (Å²) in [6, 6.07) is 0. The van der Waals surface area contributed by atoms with E-state index in [-0.39, 0.29) is 31.1 Å². The number of rotatable bonds is 50. The summed E-state index contributed by atoms with van der Waals surface area (Å²) in [6.45, 7) is 6.40. The first-order valence-electron chi connectivity index (χ1n) is 28.1. The van der Waals surface area contributed by atoms with Gasteiger partial charge in [0.1, 0.15) is 13.2 Å². The second-order valence-corrected chi connectivity index (χ2v) is 18.4. The number of ether oxygens (including phenoxy) is 3. The topological polar surface area (TPSA) is 78.9 Å². The highest BCUT2D eigenvalue weighted by Gasteiger charge is 2.19. The summed E-state index contributed by atoms with van der Waals surface area (Å²) in [5.74, 6) is -0.893. The van der Waals surface area contributed by atoms with Gasteiger partial charge < -0.3 is 14.2 Å². The van der Waals surface area contributed by atoms with Gasteiger partial charge in [-0.15, -0.1) is 0 Å². The van der Waals surface area contributed by atoms with Gasteiger partial charge in [0, 0.05) is 19.3 Å². The molecule has 1 atom stereocenters. The monoisotopic (exact) mass is 933 g/mol. The highest BCUT2D eigenvalue weighted by molar-refractivity contribution is 5.71. The van der Waals surface area contributed by atoms with E-state index in [0.29, 0.717) is 19.3 Å². The van der Waals surface area contributed by atoms with Crippen LogP contribution >= 0.6 is 0 Å². The Labute approximate surface area is 414 Å². The summed E-state index contributed by atoms with van der Waals surface area (Å²) in [5.41, 5.74) is 0. The van der Waals surface area contributed by atoms with E-state index in [9.17, 15) is 14.4 Å². The van der Waals surface area contributed by atoms with E-state index in [1.807, 2.05) is 0 Å². The van der Waals surface area contributed by atoms with Gasteiger partial charge in [0.25, 0.3) is 0 Å². The zero-order valence-electron chi connectivity index (χ0n) is 43.9. The second kappa shape index (κ2) is 55.2. The number of unbranched alkanes of at least 4 members (excludes halogenated alkanes) is 25. The standard InChI is InChI=1S/C61H104O6/c1-4-7-10-13-16-19-21-23-25-27-28-29-30-31-32-34-35-37-39-42-45-48-51-54-60(63)66-57-58(56-65-59(62)53-50-47-44-41-18-15-12-9-6-3)67-61(64)55-52-49-46-43-40-38-36-33-26-24-22-20-17-14-11-8-5-2/h7-8,10-11,16-17,19-20,23-26,28-29,58H,4-6,9,12-15,18,21-22,27,30-57H2,1-3H3/b10-7-,11-8-,19-16-,20-17-,25-23-,26-24-,29-28-. The van der Waals surface area contributed by atoms with Crippen molar-refractivity contribution in [2.75, 3.05) is 13.2 Å². The van der Waals surface area contributed by atoms with Crippen LogP contribution in [0.3, 0.4) is 0 Å². The van der Waals surface area contributed by atoms with Gasteiger partial charge in [0.15, 0.2) is 6.10 Å². The molecule has 0 rings (SSSR count). The number of hydrogen-bond donors (Lipinski definition) is 0. The molecule has 0 fully saturated rings. The largest absolute Gasteiger partial charge is 0.462 e. The number of allylic oxidation sites excluding steroid dienone is 14. The normalized spacial score (nSPS) is 12.7. The van der Waals surface area contributed by atoms with Crippen molar-refractivity contribution in [3.8, 4) is 0 Å². The van der Waals surface area contributed by atoms with Crippen molar-refractivity contribution in [3.63, 3.8) is 0 Å². The predicted molar refractivity (Wildman–Crippen MR) is 288 cm³/mol. The van der Waals surface area contributed by atoms with Crippen LogP contribution in [-0.4, -0.2) is 37.2 Å². The summed E-state index contributed by atoms with van der Waals surface area (Å²) < 4.78 is 16.8. The third-order valence-electron chi connectivity index (χ3n) is 11.9. The van der Waals surface area contributed by atoms with Crippen LogP contribution in [0, 0.1) is 0 Å². The van der Waals surface area contributed by atoms with Crippen LogP contribution in [-0.2, 0) is 28.6 Å². The molecule has 0 aromatic heterocycles. The van der Waals surface area contributed by atoms with Crippen LogP contribution in [0.5, 0.6) is 0 Å². The Morgan fingerprint density at radius 2 is 0.582 bits per heavy atom. The van der Waals surface area contributed by atoms with Crippen molar-refractivity contribution < 1.29 is 28.6 Å². The highest BCUT2D eigenvalue weighted by Crippen LogP contribution is 2.15. The van der Waals surface area contributed by atoms with Crippen molar-refractivity contribution >= 4 is 17.9 Å². The quantitative estimate of drug-likeness (QED) is 0.0262. The molecule has 0 aliphatic heterocycles. The van der Waals surface area contributed by atoms with Gasteiger partial charge in [-0.1, -0.05) is 241 Å². The molecule has 0 amide bonds. The minimum absolute atomic E-state index is 0.0803. The van der Waals surface area contributed by atoms with E-state index in [1.165, 1.54) is 116 Å². The third-order valence-corrected chi connectivity index (χ3v) is 11.9. The van der Waals surface area contributed by atoms with Crippen LogP contribution in [0.4, 0.5) is 0 Å². The summed E-state index contributed by atoms with van der Waals surface area (Å²) >= 11 is 0. The molecule has 0 heterocycles. The van der Waals surface area contributed by atoms with Gasteiger partial charge in [-0.3, -0.25) is 14.4 Å². The van der Waals surface area contributed by atoms with Crippen LogP contribution in [0.1, 0.15) is 265 Å². The van der Waals surface area contributed by atoms with E-state index >= 15 is 0 Å². The fourth-order valence-corrected chi connectivity index (χ4v) is 7.74. The Kier molecular flexibility index (Phi) is 52.4. The predicted octanol–water partition coefficient (Wildman–Crippen LogP) is 18.8. The maximum atomic E-state index is 12.8. The van der Waals surface area contributed by atoms with Crippen molar-refractivity contribution in [1.82, 2.24) is 0 Å². The molecule has 6 heteroatoms. The van der Waals surface area contributed by atoms with Crippen molar-refractivity contribution in [2.24, 2.45) is 0 Å². The summed E-state index contributed by atoms with van der Waals surface area (Å²) in [4.78, 5) is 38.0. The molecule has 384 valence electrons. The highest BCUT2D eigenvalue weighted by atomic mass is 16.6. The minimum Gasteiger partial charge on any atom is -0.462 e. The molecule has 0 bridgehead atoms. The number of carbonyl (C=O) groups excluding carboxylic acids is 3. The van der Waals surface area contributed by atoms with Crippen LogP contribution in [0.2, 0.25) is 0 Å². The minimum atomic E-state index is -0.781. The van der Waals surface area contributed by atoms with Gasteiger partial charge >= 0.3 is 17.9 Å². The molecule has 67 heavy (non-hydrogen) atoms. The molecule has 0 saturated carbocycles. The molecule has 0 aliphatic rings. The van der Waals surface area contributed by atoms with Crippen LogP contribution in [0.15, 0.2) is 85.1 Å². The van der Waals surface area contributed by atoms with Crippen molar-refractivity contribution in [3.05, 3.63) is 85.1 Å². The lowest BCUT2D eigenvalue weighted by molar-refractivity contribution is -0.167. The fraction of sp³-hybridized carbons (Fsp3) is 0.721. The third kappa shape index (κ3) is 53.4. The van der Waals surface area contributed by atoms with Gasteiger partial charge in [-0.2, -0.15) is 0 Å². The Morgan fingerprint density at radius 3 is 0.910 bits per heavy atom. The van der Waals surface area contributed by atoms with E-state index in [0.717, 1.165) is 109 Å². The first kappa shape index (κ1) is 63.6. The smallest absolute Gasteiger partial charge is 0.306 e. The Hall–Kier alpha value is -3.41. The number of hydrogen-bond acceptors (Lipinski definition) is 6. The van der Waals surface area contributed by atoms with Crippen molar-refractivity contribution in [2.45, 2.75) is 271 Å². The lowest BCUT2D eigenvalue weighted by Crippen LogP contribution is -2.30. The molecule has 6 nitrogen and oxygen atoms in total. The number of esters is 3. The zero-order chi connectivity index (χ0) is 48.6. The lowest BCUT2D eigenvalue weighted by atomic mass is 10.1. The fourth-order valence-electron chi connectivity index (χ4n) is 7.74. The first-order valence-corrected chi connectivity index (χ1v) is 28.1. The molecule has 0 spiro atoms. The molecular formula is C61H104O6. The zero-order valence-corrected chi connectivity index (χ0v) is 43.9. The SMILES string of the molecule is CC/C=C\C/C=C\C/C=C\C/C=C\CCCCCCCCCCCCC(=O)OCC(COC(=O)CCCCCCCCCCC)OC(=O)CCCCCCCCC/C=C\C/C=C\C/C=C\CC. The average Bonchev–Trinajstić information content (AvgIpc) is 3.33. The molecule has 0 aromatic carbocycles. The molecule has 0 saturated heterocycles. The molecule has 0 radical (unpaired) electrons. The molecule has 0 aliphatic carbocycles. The van der Waals surface area contributed by atoms with E-state index in [4.69, 9.17) is 14.2 Å². The van der Waals surface area contributed by atoms with E-state index in [1.54, 1.807) is 0 Å². The molecule has 0 N–H and O–H groups in total. The van der Waals surface area contributed by atoms with Crippen molar-refractivity contribution in [1.29, 1.82) is 0 Å². The van der Waals surface area contributed by atoms with Crippen LogP contribution in [0.25, 0.3) is 0 Å². The molecular weight excluding hydrogens is 829 g/mol. The van der Waals surface area contributed by atoms with Gasteiger partial charge in [0.05, 0.1) is 0 Å². The Bertz CT molecular complexity index is 1300. The molecule has 0 aromatic rings.